The zero-order chi connectivity index (χ0) is 24.8. The number of carbonyl (C=O) groups excluding carboxylic acids is 3. The molecule has 3 aliphatic rings. The largest absolute Gasteiger partial charge is 2.00 e. The molecule has 0 heterocycles. The number of fused-ring (bicyclic) bond motifs is 3. The van der Waals surface area contributed by atoms with Gasteiger partial charge in [-0.05, 0) is 26.6 Å². The van der Waals surface area contributed by atoms with E-state index >= 15 is 0 Å². The summed E-state index contributed by atoms with van der Waals surface area (Å²) < 4.78 is 0. The number of primary amides is 1. The Kier molecular flexibility index (Phi) is 6.50. The molecule has 3 aliphatic carbocycles. The second-order valence-corrected chi connectivity index (χ2v) is 9.02. The zero-order valence-electron chi connectivity index (χ0n) is 18.6. The van der Waals surface area contributed by atoms with Gasteiger partial charge in [0.2, 0.25) is 5.78 Å². The van der Waals surface area contributed by atoms with Gasteiger partial charge in [-0.15, -0.1) is 0 Å². The van der Waals surface area contributed by atoms with Crippen LogP contribution >= 0.6 is 0 Å². The molecule has 0 aliphatic heterocycles. The first-order chi connectivity index (χ1) is 15.2. The molecule has 6 N–H and O–H groups in total. The van der Waals surface area contributed by atoms with Gasteiger partial charge in [-0.3, -0.25) is 14.4 Å². The molecule has 0 unspecified atom stereocenters. The maximum Gasteiger partial charge on any atom is 2.00 e. The van der Waals surface area contributed by atoms with Crippen molar-refractivity contribution >= 4 is 55.2 Å². The van der Waals surface area contributed by atoms with Crippen LogP contribution in [-0.4, -0.2) is 112 Å². The van der Waals surface area contributed by atoms with Gasteiger partial charge in [0.25, 0.3) is 5.91 Å². The first kappa shape index (κ1) is 26.6. The van der Waals surface area contributed by atoms with Crippen molar-refractivity contribution in [1.82, 2.24) is 4.90 Å². The van der Waals surface area contributed by atoms with Gasteiger partial charge >= 0.3 is 37.7 Å². The van der Waals surface area contributed by atoms with E-state index in [0.717, 1.165) is 6.07 Å². The summed E-state index contributed by atoms with van der Waals surface area (Å²) in [5.41, 5.74) is -2.44. The molecule has 6 atom stereocenters. The molecule has 4 rings (SSSR count). The van der Waals surface area contributed by atoms with Crippen LogP contribution in [0.1, 0.15) is 22.8 Å². The SMILES string of the molecule is CN(C)[C@@H]1C([O-])=C(C(N)=O)C(=O)[C@@]2(O)C(O)=C3C(=O)c4c([O-])cccc4[C@@](C)(O)[C@H]3[C@H](O)[C@@H]12.[Ca+2]. The molecule has 34 heavy (non-hydrogen) atoms. The number of hydrogen-bond acceptors (Lipinski definition) is 10. The van der Waals surface area contributed by atoms with E-state index in [1.54, 1.807) is 0 Å². The van der Waals surface area contributed by atoms with Crippen molar-refractivity contribution in [3.8, 4) is 5.75 Å². The molecule has 176 valence electrons. The van der Waals surface area contributed by atoms with Crippen molar-refractivity contribution in [1.29, 1.82) is 0 Å². The number of nitrogens with zero attached hydrogens (tertiary/aromatic N) is 1. The number of hydrogen-bond donors (Lipinski definition) is 5. The fourth-order valence-electron chi connectivity index (χ4n) is 5.56. The summed E-state index contributed by atoms with van der Waals surface area (Å²) >= 11 is 0. The van der Waals surface area contributed by atoms with Crippen LogP contribution in [0.15, 0.2) is 40.9 Å². The summed E-state index contributed by atoms with van der Waals surface area (Å²) in [4.78, 5) is 39.6. The van der Waals surface area contributed by atoms with Gasteiger partial charge in [-0.1, -0.05) is 29.7 Å². The van der Waals surface area contributed by atoms with E-state index in [2.05, 4.69) is 0 Å². The fraction of sp³-hybridized carbons (Fsp3) is 0.409. The van der Waals surface area contributed by atoms with Gasteiger partial charge in [-0.25, -0.2) is 0 Å². The Bertz CT molecular complexity index is 1190. The quantitative estimate of drug-likeness (QED) is 0.201. The average Bonchev–Trinajstić information content (AvgIpc) is 2.70. The maximum absolute atomic E-state index is 13.3. The van der Waals surface area contributed by atoms with Gasteiger partial charge < -0.3 is 41.3 Å². The minimum Gasteiger partial charge on any atom is -0.874 e. The summed E-state index contributed by atoms with van der Waals surface area (Å²) in [7, 11) is 2.76. The molecule has 0 bridgehead atoms. The standard InChI is InChI=1S/C22H24N2O9.Ca/c1-21(32)7-5-4-6-8(25)9(7)15(26)10-12(21)17(28)13-14(24(2)3)16(27)11(20(23)31)19(30)22(13,33)18(10)29;/h4-6,12-14,17,25,27-29,32-33H,1-3H3,(H2,23,31);/q;+2/p-2/t12-,13-,14+,17+,21-,22+;/m1./s1. The summed E-state index contributed by atoms with van der Waals surface area (Å²) in [5, 5.41) is 70.8. The van der Waals surface area contributed by atoms with Crippen LogP contribution in [0.25, 0.3) is 0 Å². The number of aliphatic hydroxyl groups excluding tert-OH is 2. The summed E-state index contributed by atoms with van der Waals surface area (Å²) in [5.74, 6) is -10.6. The van der Waals surface area contributed by atoms with Crippen molar-refractivity contribution in [2.45, 2.75) is 30.3 Å². The van der Waals surface area contributed by atoms with Gasteiger partial charge in [0.1, 0.15) is 5.76 Å². The normalized spacial score (nSPS) is 34.9. The van der Waals surface area contributed by atoms with Gasteiger partial charge in [0.05, 0.1) is 28.8 Å². The van der Waals surface area contributed by atoms with Crippen LogP contribution in [-0.2, 0) is 15.2 Å². The molecular weight excluding hydrogens is 476 g/mol. The number of likely N-dealkylation sites (N-methyl/N-ethyl adjacent to an activating group) is 1. The molecule has 0 aromatic heterocycles. The van der Waals surface area contributed by atoms with Crippen LogP contribution in [0.5, 0.6) is 5.75 Å². The maximum atomic E-state index is 13.3. The second-order valence-electron chi connectivity index (χ2n) is 9.02. The minimum absolute atomic E-state index is 0. The number of amides is 1. The number of rotatable bonds is 2. The Hall–Kier alpha value is -1.99. The van der Waals surface area contributed by atoms with Crippen LogP contribution in [0, 0.1) is 11.8 Å². The van der Waals surface area contributed by atoms with E-state index in [1.165, 1.54) is 38.1 Å². The number of carbonyl (C=O) groups is 3. The molecule has 0 radical (unpaired) electrons. The molecule has 12 heteroatoms. The second kappa shape index (κ2) is 8.30. The predicted octanol–water partition coefficient (Wildman–Crippen LogP) is -3.45. The number of benzene rings is 1. The topological polar surface area (TPSA) is 208 Å². The third-order valence-electron chi connectivity index (χ3n) is 7.00. The van der Waals surface area contributed by atoms with Crippen molar-refractivity contribution in [2.75, 3.05) is 14.1 Å². The first-order valence-electron chi connectivity index (χ1n) is 10.0. The fourth-order valence-corrected chi connectivity index (χ4v) is 5.56. The Morgan fingerprint density at radius 1 is 1.18 bits per heavy atom. The van der Waals surface area contributed by atoms with E-state index in [0.29, 0.717) is 0 Å². The third-order valence-corrected chi connectivity index (χ3v) is 7.00. The van der Waals surface area contributed by atoms with Crippen LogP contribution in [0.4, 0.5) is 0 Å². The monoisotopic (exact) mass is 498 g/mol. The number of aliphatic hydroxyl groups is 4. The minimum atomic E-state index is -3.08. The van der Waals surface area contributed by atoms with E-state index in [1.807, 2.05) is 0 Å². The molecule has 0 saturated carbocycles. The molecule has 0 saturated heterocycles. The molecule has 1 aromatic carbocycles. The van der Waals surface area contributed by atoms with Gasteiger partial charge in [0.15, 0.2) is 11.4 Å². The van der Waals surface area contributed by atoms with Crippen LogP contribution < -0.4 is 15.9 Å². The number of ketones is 2. The predicted molar refractivity (Wildman–Crippen MR) is 112 cm³/mol. The Morgan fingerprint density at radius 2 is 1.76 bits per heavy atom. The van der Waals surface area contributed by atoms with E-state index in [4.69, 9.17) is 5.73 Å². The number of nitrogens with two attached hydrogens (primary N) is 1. The Labute approximate surface area is 223 Å². The molecule has 1 amide bonds. The Morgan fingerprint density at radius 3 is 2.29 bits per heavy atom. The zero-order valence-corrected chi connectivity index (χ0v) is 20.8. The molecule has 11 nitrogen and oxygen atoms in total. The van der Waals surface area contributed by atoms with E-state index in [9.17, 15) is 45.0 Å². The third kappa shape index (κ3) is 3.12. The Balaban J connectivity index is 0.00000324. The van der Waals surface area contributed by atoms with Gasteiger partial charge in [-0.2, -0.15) is 0 Å². The molecule has 0 fully saturated rings. The van der Waals surface area contributed by atoms with Crippen LogP contribution in [0.2, 0.25) is 0 Å². The smallest absolute Gasteiger partial charge is 0.874 e. The average molecular weight is 499 g/mol. The molecular formula is C22H22CaN2O9. The van der Waals surface area contributed by atoms with Crippen molar-refractivity contribution in [2.24, 2.45) is 17.6 Å². The van der Waals surface area contributed by atoms with E-state index < -0.39 is 86.6 Å². The van der Waals surface area contributed by atoms with Gasteiger partial charge in [0, 0.05) is 17.5 Å². The summed E-state index contributed by atoms with van der Waals surface area (Å²) in [6.07, 6.45) is -1.93. The number of Topliss-reactive ketones (excluding diaryl/α,β-unsaturated/α-hetero) is 2. The molecule has 0 spiro atoms. The van der Waals surface area contributed by atoms with Crippen molar-refractivity contribution in [3.05, 3.63) is 52.0 Å². The first-order valence-corrected chi connectivity index (χ1v) is 10.0. The summed E-state index contributed by atoms with van der Waals surface area (Å²) in [6, 6.07) is 2.17. The van der Waals surface area contributed by atoms with Crippen molar-refractivity contribution in [3.63, 3.8) is 0 Å². The van der Waals surface area contributed by atoms with Crippen molar-refractivity contribution < 1.29 is 45.0 Å². The molecule has 1 aromatic rings. The van der Waals surface area contributed by atoms with Crippen LogP contribution in [0.3, 0.4) is 0 Å². The van der Waals surface area contributed by atoms with E-state index in [-0.39, 0.29) is 43.3 Å². The summed E-state index contributed by atoms with van der Waals surface area (Å²) in [6.45, 7) is 1.21.